The average molecular weight is 225 g/mol. The van der Waals surface area contributed by atoms with Crippen LogP contribution in [0.5, 0.6) is 0 Å². The molecule has 15 heavy (non-hydrogen) atoms. The highest BCUT2D eigenvalue weighted by Gasteiger charge is 2.64. The van der Waals surface area contributed by atoms with E-state index in [0.29, 0.717) is 0 Å². The molecule has 0 saturated heterocycles. The van der Waals surface area contributed by atoms with Gasteiger partial charge in [-0.05, 0) is 10.8 Å². The van der Waals surface area contributed by atoms with Gasteiger partial charge in [-0.25, -0.2) is 0 Å². The monoisotopic (exact) mass is 225 g/mol. The molecular formula is C10H18F3NO. The van der Waals surface area contributed by atoms with E-state index in [2.05, 4.69) is 5.32 Å². The standard InChI is InChI=1S/C10H18F3NO/c1-8(2)7(9(8,3)4)14-5-6(15)10(11,12)13/h6-7,14-15H,5H2,1-4H3. The molecule has 1 rings (SSSR count). The third kappa shape index (κ3) is 2.13. The van der Waals surface area contributed by atoms with E-state index in [1.165, 1.54) is 0 Å². The molecule has 0 aromatic carbocycles. The second-order valence-corrected chi connectivity index (χ2v) is 5.34. The Hall–Kier alpha value is -0.290. The van der Waals surface area contributed by atoms with E-state index in [1.807, 2.05) is 27.7 Å². The van der Waals surface area contributed by atoms with Gasteiger partial charge in [0.1, 0.15) is 0 Å². The third-order valence-electron chi connectivity index (χ3n) is 3.91. The lowest BCUT2D eigenvalue weighted by atomic mass is 10.0. The number of aliphatic hydroxyl groups is 1. The van der Waals surface area contributed by atoms with Crippen molar-refractivity contribution < 1.29 is 18.3 Å². The Labute approximate surface area is 87.9 Å². The number of rotatable bonds is 3. The van der Waals surface area contributed by atoms with Gasteiger partial charge >= 0.3 is 6.18 Å². The van der Waals surface area contributed by atoms with Crippen molar-refractivity contribution in [2.45, 2.75) is 46.0 Å². The van der Waals surface area contributed by atoms with Crippen LogP contribution in [0.15, 0.2) is 0 Å². The zero-order valence-corrected chi connectivity index (χ0v) is 9.44. The summed E-state index contributed by atoms with van der Waals surface area (Å²) >= 11 is 0. The van der Waals surface area contributed by atoms with Crippen molar-refractivity contribution in [1.82, 2.24) is 5.32 Å². The second-order valence-electron chi connectivity index (χ2n) is 5.34. The number of aliphatic hydroxyl groups excluding tert-OH is 1. The summed E-state index contributed by atoms with van der Waals surface area (Å²) in [6, 6.07) is 0.0296. The van der Waals surface area contributed by atoms with Gasteiger partial charge in [0.2, 0.25) is 0 Å². The van der Waals surface area contributed by atoms with Crippen molar-refractivity contribution >= 4 is 0 Å². The summed E-state index contributed by atoms with van der Waals surface area (Å²) in [5.74, 6) is 0. The number of hydrogen-bond donors (Lipinski definition) is 2. The van der Waals surface area contributed by atoms with Crippen molar-refractivity contribution in [3.63, 3.8) is 0 Å². The first-order chi connectivity index (χ1) is 6.51. The van der Waals surface area contributed by atoms with Crippen LogP contribution in [-0.4, -0.2) is 30.0 Å². The molecule has 0 bridgehead atoms. The average Bonchev–Trinajstić information content (AvgIpc) is 2.38. The van der Waals surface area contributed by atoms with E-state index in [1.54, 1.807) is 0 Å². The molecule has 0 aromatic rings. The minimum absolute atomic E-state index is 0.0156. The highest BCUT2D eigenvalue weighted by atomic mass is 19.4. The highest BCUT2D eigenvalue weighted by molar-refractivity contribution is 5.17. The fraction of sp³-hybridized carbons (Fsp3) is 1.00. The van der Waals surface area contributed by atoms with Gasteiger partial charge < -0.3 is 10.4 Å². The summed E-state index contributed by atoms with van der Waals surface area (Å²) in [4.78, 5) is 0. The van der Waals surface area contributed by atoms with E-state index in [9.17, 15) is 13.2 Å². The molecule has 1 atom stereocenters. The van der Waals surface area contributed by atoms with Crippen LogP contribution in [0.2, 0.25) is 0 Å². The Bertz CT molecular complexity index is 234. The minimum Gasteiger partial charge on any atom is -0.382 e. The molecule has 1 aliphatic carbocycles. The number of alkyl halides is 3. The molecule has 0 aliphatic heterocycles. The normalized spacial score (nSPS) is 26.4. The fourth-order valence-electron chi connectivity index (χ4n) is 2.05. The topological polar surface area (TPSA) is 32.3 Å². The van der Waals surface area contributed by atoms with E-state index >= 15 is 0 Å². The smallest absolute Gasteiger partial charge is 0.382 e. The van der Waals surface area contributed by atoms with Crippen molar-refractivity contribution in [3.8, 4) is 0 Å². The Morgan fingerprint density at radius 2 is 1.60 bits per heavy atom. The van der Waals surface area contributed by atoms with E-state index in [0.717, 1.165) is 0 Å². The van der Waals surface area contributed by atoms with Gasteiger partial charge in [0.15, 0.2) is 6.10 Å². The summed E-state index contributed by atoms with van der Waals surface area (Å²) in [6.07, 6.45) is -6.80. The molecular weight excluding hydrogens is 207 g/mol. The van der Waals surface area contributed by atoms with Crippen LogP contribution in [0, 0.1) is 10.8 Å². The summed E-state index contributed by atoms with van der Waals surface area (Å²) in [7, 11) is 0. The molecule has 0 heterocycles. The lowest BCUT2D eigenvalue weighted by Gasteiger charge is -2.15. The summed E-state index contributed by atoms with van der Waals surface area (Å²) in [6.45, 7) is 7.59. The lowest BCUT2D eigenvalue weighted by molar-refractivity contribution is -0.202. The largest absolute Gasteiger partial charge is 0.415 e. The van der Waals surface area contributed by atoms with Crippen molar-refractivity contribution in [2.75, 3.05) is 6.54 Å². The predicted molar refractivity (Wildman–Crippen MR) is 51.4 cm³/mol. The number of hydrogen-bond acceptors (Lipinski definition) is 2. The molecule has 0 aromatic heterocycles. The third-order valence-corrected chi connectivity index (χ3v) is 3.91. The molecule has 1 saturated carbocycles. The van der Waals surface area contributed by atoms with Crippen molar-refractivity contribution in [1.29, 1.82) is 0 Å². The van der Waals surface area contributed by atoms with Crippen LogP contribution in [0.4, 0.5) is 13.2 Å². The molecule has 90 valence electrons. The fourth-order valence-corrected chi connectivity index (χ4v) is 2.05. The molecule has 1 fully saturated rings. The van der Waals surface area contributed by atoms with E-state index in [-0.39, 0.29) is 16.9 Å². The van der Waals surface area contributed by atoms with Gasteiger partial charge in [-0.1, -0.05) is 27.7 Å². The van der Waals surface area contributed by atoms with Gasteiger partial charge in [0, 0.05) is 12.6 Å². The quantitative estimate of drug-likeness (QED) is 0.769. The Morgan fingerprint density at radius 3 is 1.87 bits per heavy atom. The highest BCUT2D eigenvalue weighted by Crippen LogP contribution is 2.62. The molecule has 2 nitrogen and oxygen atoms in total. The second kappa shape index (κ2) is 3.35. The van der Waals surface area contributed by atoms with Gasteiger partial charge in [-0.3, -0.25) is 0 Å². The van der Waals surface area contributed by atoms with Crippen LogP contribution in [0.3, 0.4) is 0 Å². The maximum Gasteiger partial charge on any atom is 0.415 e. The van der Waals surface area contributed by atoms with Gasteiger partial charge in [0.25, 0.3) is 0 Å². The first-order valence-electron chi connectivity index (χ1n) is 4.99. The zero-order valence-electron chi connectivity index (χ0n) is 9.44. The van der Waals surface area contributed by atoms with Gasteiger partial charge in [-0.15, -0.1) is 0 Å². The first kappa shape index (κ1) is 12.8. The lowest BCUT2D eigenvalue weighted by Crippen LogP contribution is -2.40. The molecule has 0 spiro atoms. The van der Waals surface area contributed by atoms with Crippen LogP contribution in [0.25, 0.3) is 0 Å². The van der Waals surface area contributed by atoms with E-state index < -0.39 is 18.8 Å². The maximum atomic E-state index is 12.0. The predicted octanol–water partition coefficient (Wildman–Crippen LogP) is 1.93. The molecule has 0 radical (unpaired) electrons. The molecule has 5 heteroatoms. The van der Waals surface area contributed by atoms with Crippen LogP contribution >= 0.6 is 0 Å². The SMILES string of the molecule is CC1(C)C(NCC(O)C(F)(F)F)C1(C)C. The van der Waals surface area contributed by atoms with Crippen molar-refractivity contribution in [2.24, 2.45) is 10.8 Å². The number of nitrogens with one attached hydrogen (secondary N) is 1. The molecule has 1 unspecified atom stereocenters. The van der Waals surface area contributed by atoms with Gasteiger partial charge in [0.05, 0.1) is 0 Å². The summed E-state index contributed by atoms with van der Waals surface area (Å²) in [5, 5.41) is 11.6. The Kier molecular flexibility index (Phi) is 2.85. The van der Waals surface area contributed by atoms with E-state index in [4.69, 9.17) is 5.11 Å². The maximum absolute atomic E-state index is 12.0. The van der Waals surface area contributed by atoms with Crippen molar-refractivity contribution in [3.05, 3.63) is 0 Å². The minimum atomic E-state index is -4.53. The van der Waals surface area contributed by atoms with Crippen LogP contribution in [0.1, 0.15) is 27.7 Å². The summed E-state index contributed by atoms with van der Waals surface area (Å²) < 4.78 is 36.0. The van der Waals surface area contributed by atoms with Crippen LogP contribution in [-0.2, 0) is 0 Å². The first-order valence-corrected chi connectivity index (χ1v) is 4.99. The van der Waals surface area contributed by atoms with Gasteiger partial charge in [-0.2, -0.15) is 13.2 Å². The van der Waals surface area contributed by atoms with Crippen LogP contribution < -0.4 is 5.32 Å². The molecule has 0 amide bonds. The summed E-state index contributed by atoms with van der Waals surface area (Å²) in [5.41, 5.74) is -0.0311. The Balaban J connectivity index is 2.42. The number of halogens is 3. The molecule has 1 aliphatic rings. The Morgan fingerprint density at radius 1 is 1.20 bits per heavy atom. The molecule has 2 N–H and O–H groups in total. The zero-order chi connectivity index (χ0) is 12.1.